The van der Waals surface area contributed by atoms with Crippen LogP contribution in [0.1, 0.15) is 40.5 Å². The van der Waals surface area contributed by atoms with Crippen LogP contribution in [0.2, 0.25) is 0 Å². The quantitative estimate of drug-likeness (QED) is 0.620. The van der Waals surface area contributed by atoms with E-state index in [0.29, 0.717) is 5.92 Å². The van der Waals surface area contributed by atoms with Gasteiger partial charge in [-0.1, -0.05) is 31.9 Å². The molecule has 1 nitrogen and oxygen atoms in total. The third-order valence-electron chi connectivity index (χ3n) is 2.00. The first kappa shape index (κ1) is 10.7. The van der Waals surface area contributed by atoms with Gasteiger partial charge in [0.2, 0.25) is 0 Å². The maximum atomic E-state index is 9.06. The van der Waals surface area contributed by atoms with Crippen LogP contribution in [0.15, 0.2) is 11.6 Å². The van der Waals surface area contributed by atoms with Gasteiger partial charge < -0.3 is 5.11 Å². The molecule has 0 aromatic carbocycles. The summed E-state index contributed by atoms with van der Waals surface area (Å²) < 4.78 is 0. The van der Waals surface area contributed by atoms with Crippen molar-refractivity contribution in [2.75, 3.05) is 0 Å². The SMILES string of the molecule is CCCC(C)C(C)=CC(C)O. The summed E-state index contributed by atoms with van der Waals surface area (Å²) in [5.41, 5.74) is 1.31. The van der Waals surface area contributed by atoms with E-state index in [4.69, 9.17) is 5.11 Å². The molecule has 0 aliphatic rings. The van der Waals surface area contributed by atoms with E-state index in [1.807, 2.05) is 6.08 Å². The Balaban J connectivity index is 3.89. The Labute approximate surface area is 70.1 Å². The average Bonchev–Trinajstić information content (AvgIpc) is 1.86. The molecule has 0 aliphatic heterocycles. The first-order valence-electron chi connectivity index (χ1n) is 4.44. The van der Waals surface area contributed by atoms with Crippen molar-refractivity contribution < 1.29 is 5.11 Å². The van der Waals surface area contributed by atoms with Crippen molar-refractivity contribution in [3.05, 3.63) is 11.6 Å². The van der Waals surface area contributed by atoms with Crippen LogP contribution in [-0.4, -0.2) is 11.2 Å². The molecule has 0 aromatic heterocycles. The molecule has 0 rings (SSSR count). The van der Waals surface area contributed by atoms with Crippen molar-refractivity contribution in [2.24, 2.45) is 5.92 Å². The third-order valence-corrected chi connectivity index (χ3v) is 2.00. The lowest BCUT2D eigenvalue weighted by Crippen LogP contribution is -2.01. The number of hydrogen-bond acceptors (Lipinski definition) is 1. The molecule has 11 heavy (non-hydrogen) atoms. The van der Waals surface area contributed by atoms with E-state index in [-0.39, 0.29) is 6.10 Å². The fourth-order valence-electron chi connectivity index (χ4n) is 1.21. The summed E-state index contributed by atoms with van der Waals surface area (Å²) in [5.74, 6) is 0.620. The Hall–Kier alpha value is -0.300. The highest BCUT2D eigenvalue weighted by Gasteiger charge is 2.02. The Morgan fingerprint density at radius 1 is 1.45 bits per heavy atom. The highest BCUT2D eigenvalue weighted by atomic mass is 16.3. The molecule has 0 spiro atoms. The fourth-order valence-corrected chi connectivity index (χ4v) is 1.21. The molecule has 0 fully saturated rings. The standard InChI is InChI=1S/C10H20O/c1-5-6-8(2)9(3)7-10(4)11/h7-8,10-11H,5-6H2,1-4H3. The average molecular weight is 156 g/mol. The molecule has 1 N–H and O–H groups in total. The summed E-state index contributed by atoms with van der Waals surface area (Å²) in [7, 11) is 0. The van der Waals surface area contributed by atoms with Gasteiger partial charge in [0.15, 0.2) is 0 Å². The first-order valence-corrected chi connectivity index (χ1v) is 4.44. The van der Waals surface area contributed by atoms with Gasteiger partial charge in [0.1, 0.15) is 0 Å². The zero-order chi connectivity index (χ0) is 8.85. The molecule has 2 atom stereocenters. The molecule has 0 radical (unpaired) electrons. The fraction of sp³-hybridized carbons (Fsp3) is 0.800. The van der Waals surface area contributed by atoms with E-state index in [1.165, 1.54) is 18.4 Å². The minimum absolute atomic E-state index is 0.297. The number of hydrogen-bond donors (Lipinski definition) is 1. The highest BCUT2D eigenvalue weighted by molar-refractivity contribution is 5.04. The van der Waals surface area contributed by atoms with Crippen molar-refractivity contribution >= 4 is 0 Å². The normalized spacial score (nSPS) is 18.1. The van der Waals surface area contributed by atoms with Crippen LogP contribution in [0.25, 0.3) is 0 Å². The predicted molar refractivity (Wildman–Crippen MR) is 49.5 cm³/mol. The highest BCUT2D eigenvalue weighted by Crippen LogP contribution is 2.15. The molecular weight excluding hydrogens is 136 g/mol. The minimum Gasteiger partial charge on any atom is -0.389 e. The second kappa shape index (κ2) is 5.36. The second-order valence-corrected chi connectivity index (χ2v) is 3.34. The van der Waals surface area contributed by atoms with E-state index in [1.54, 1.807) is 6.92 Å². The van der Waals surface area contributed by atoms with E-state index in [9.17, 15) is 0 Å². The second-order valence-electron chi connectivity index (χ2n) is 3.34. The summed E-state index contributed by atoms with van der Waals surface area (Å²) in [6, 6.07) is 0. The molecule has 0 saturated heterocycles. The van der Waals surface area contributed by atoms with Crippen LogP contribution >= 0.6 is 0 Å². The molecule has 0 saturated carbocycles. The number of allylic oxidation sites excluding steroid dienone is 1. The molecule has 66 valence electrons. The molecule has 0 bridgehead atoms. The first-order chi connectivity index (χ1) is 5.07. The van der Waals surface area contributed by atoms with Gasteiger partial charge in [-0.3, -0.25) is 0 Å². The Morgan fingerprint density at radius 3 is 2.36 bits per heavy atom. The van der Waals surface area contributed by atoms with E-state index in [0.717, 1.165) is 0 Å². The molecule has 0 aromatic rings. The summed E-state index contributed by atoms with van der Waals surface area (Å²) in [4.78, 5) is 0. The lowest BCUT2D eigenvalue weighted by molar-refractivity contribution is 0.242. The molecular formula is C10H20O. The molecule has 0 aliphatic carbocycles. The van der Waals surface area contributed by atoms with Crippen LogP contribution in [0.5, 0.6) is 0 Å². The molecule has 2 unspecified atom stereocenters. The summed E-state index contributed by atoms with van der Waals surface area (Å²) in [6.07, 6.45) is 4.07. The van der Waals surface area contributed by atoms with Crippen molar-refractivity contribution in [3.8, 4) is 0 Å². The van der Waals surface area contributed by atoms with Crippen LogP contribution in [0.3, 0.4) is 0 Å². The van der Waals surface area contributed by atoms with E-state index < -0.39 is 0 Å². The van der Waals surface area contributed by atoms with Gasteiger partial charge in [-0.05, 0) is 26.2 Å². The summed E-state index contributed by atoms with van der Waals surface area (Å²) in [5, 5.41) is 9.06. The lowest BCUT2D eigenvalue weighted by atomic mass is 9.97. The van der Waals surface area contributed by atoms with Gasteiger partial charge >= 0.3 is 0 Å². The molecule has 1 heteroatoms. The van der Waals surface area contributed by atoms with Gasteiger partial charge in [-0.2, -0.15) is 0 Å². The van der Waals surface area contributed by atoms with Crippen molar-refractivity contribution in [3.63, 3.8) is 0 Å². The smallest absolute Gasteiger partial charge is 0.0695 e. The van der Waals surface area contributed by atoms with E-state index >= 15 is 0 Å². The number of rotatable bonds is 4. The number of aliphatic hydroxyl groups is 1. The van der Waals surface area contributed by atoms with Crippen LogP contribution in [0, 0.1) is 5.92 Å². The Bertz CT molecular complexity index is 125. The number of aliphatic hydroxyl groups excluding tert-OH is 1. The minimum atomic E-state index is -0.297. The van der Waals surface area contributed by atoms with Gasteiger partial charge in [-0.15, -0.1) is 0 Å². The zero-order valence-corrected chi connectivity index (χ0v) is 8.09. The lowest BCUT2D eigenvalue weighted by Gasteiger charge is -2.11. The Kier molecular flexibility index (Phi) is 5.22. The van der Waals surface area contributed by atoms with Crippen molar-refractivity contribution in [2.45, 2.75) is 46.6 Å². The molecule has 0 amide bonds. The van der Waals surface area contributed by atoms with Crippen molar-refractivity contribution in [1.29, 1.82) is 0 Å². The topological polar surface area (TPSA) is 20.2 Å². The van der Waals surface area contributed by atoms with Crippen LogP contribution < -0.4 is 0 Å². The Morgan fingerprint density at radius 2 is 2.00 bits per heavy atom. The third kappa shape index (κ3) is 5.02. The monoisotopic (exact) mass is 156 g/mol. The van der Waals surface area contributed by atoms with Gasteiger partial charge in [0, 0.05) is 0 Å². The van der Waals surface area contributed by atoms with E-state index in [2.05, 4.69) is 20.8 Å². The maximum absolute atomic E-state index is 9.06. The largest absolute Gasteiger partial charge is 0.389 e. The molecule has 0 heterocycles. The summed E-state index contributed by atoms with van der Waals surface area (Å²) in [6.45, 7) is 8.28. The predicted octanol–water partition coefficient (Wildman–Crippen LogP) is 2.75. The zero-order valence-electron chi connectivity index (χ0n) is 8.09. The van der Waals surface area contributed by atoms with Gasteiger partial charge in [-0.25, -0.2) is 0 Å². The van der Waals surface area contributed by atoms with Gasteiger partial charge in [0.25, 0.3) is 0 Å². The maximum Gasteiger partial charge on any atom is 0.0695 e. The van der Waals surface area contributed by atoms with Crippen LogP contribution in [-0.2, 0) is 0 Å². The van der Waals surface area contributed by atoms with Crippen molar-refractivity contribution in [1.82, 2.24) is 0 Å². The summed E-state index contributed by atoms with van der Waals surface area (Å²) >= 11 is 0. The van der Waals surface area contributed by atoms with Crippen LogP contribution in [0.4, 0.5) is 0 Å². The van der Waals surface area contributed by atoms with Gasteiger partial charge in [0.05, 0.1) is 6.10 Å².